The summed E-state index contributed by atoms with van der Waals surface area (Å²) in [6.45, 7) is 1.48. The highest BCUT2D eigenvalue weighted by Crippen LogP contribution is 2.25. The Labute approximate surface area is 160 Å². The number of piperidine rings is 1. The van der Waals surface area contributed by atoms with Gasteiger partial charge < -0.3 is 14.5 Å². The van der Waals surface area contributed by atoms with Gasteiger partial charge in [0.25, 0.3) is 11.8 Å². The maximum absolute atomic E-state index is 13.4. The van der Waals surface area contributed by atoms with E-state index in [1.165, 1.54) is 17.1 Å². The zero-order valence-electron chi connectivity index (χ0n) is 15.4. The van der Waals surface area contributed by atoms with E-state index in [1.54, 1.807) is 19.2 Å². The van der Waals surface area contributed by atoms with Crippen LogP contribution < -0.4 is 4.90 Å². The average molecular weight is 389 g/mol. The molecule has 1 saturated heterocycles. The lowest BCUT2D eigenvalue weighted by Gasteiger charge is -2.30. The van der Waals surface area contributed by atoms with E-state index in [9.17, 15) is 13.9 Å². The van der Waals surface area contributed by atoms with E-state index in [1.807, 2.05) is 4.90 Å². The van der Waals surface area contributed by atoms with E-state index < -0.39 is 17.9 Å². The van der Waals surface area contributed by atoms with E-state index in [0.29, 0.717) is 35.5 Å². The number of allylic oxidation sites excluding steroid dienone is 1. The highest BCUT2D eigenvalue weighted by Gasteiger charge is 2.25. The van der Waals surface area contributed by atoms with Gasteiger partial charge in [-0.2, -0.15) is 10.1 Å². The molecule has 0 amide bonds. The monoisotopic (exact) mass is 389 g/mol. The minimum atomic E-state index is -0.767. The number of aliphatic hydroxyl groups excluding tert-OH is 1. The van der Waals surface area contributed by atoms with Gasteiger partial charge in [0.15, 0.2) is 6.23 Å². The molecule has 28 heavy (non-hydrogen) atoms. The SMILES string of the molecule is CN1N=C(c2nc(N3CCC(Cc4cc(F)cc(F)c4)CC3)no2)C=CC1O. The van der Waals surface area contributed by atoms with Crippen LogP contribution in [0.2, 0.25) is 0 Å². The smallest absolute Gasteiger partial charge is 0.279 e. The topological polar surface area (TPSA) is 78.0 Å². The van der Waals surface area contributed by atoms with E-state index >= 15 is 0 Å². The highest BCUT2D eigenvalue weighted by atomic mass is 19.1. The molecule has 0 aliphatic carbocycles. The van der Waals surface area contributed by atoms with Crippen LogP contribution in [0.4, 0.5) is 14.7 Å². The van der Waals surface area contributed by atoms with Gasteiger partial charge in [-0.1, -0.05) is 0 Å². The summed E-state index contributed by atoms with van der Waals surface area (Å²) in [6.07, 6.45) is 4.86. The third-order valence-electron chi connectivity index (χ3n) is 5.05. The Kier molecular flexibility index (Phi) is 5.08. The quantitative estimate of drug-likeness (QED) is 0.865. The Balaban J connectivity index is 1.36. The Morgan fingerprint density at radius 3 is 2.57 bits per heavy atom. The normalized spacial score (nSPS) is 20.6. The number of rotatable bonds is 4. The second-order valence-electron chi connectivity index (χ2n) is 7.14. The summed E-state index contributed by atoms with van der Waals surface area (Å²) in [5.74, 6) is 0.0660. The van der Waals surface area contributed by atoms with Gasteiger partial charge in [-0.15, -0.1) is 0 Å². The van der Waals surface area contributed by atoms with Crippen molar-refractivity contribution in [3.8, 4) is 0 Å². The second kappa shape index (κ2) is 7.67. The molecular formula is C19H21F2N5O2. The van der Waals surface area contributed by atoms with E-state index in [2.05, 4.69) is 15.2 Å². The van der Waals surface area contributed by atoms with Gasteiger partial charge in [0, 0.05) is 26.2 Å². The van der Waals surface area contributed by atoms with Crippen molar-refractivity contribution in [2.45, 2.75) is 25.5 Å². The second-order valence-corrected chi connectivity index (χ2v) is 7.14. The average Bonchev–Trinajstić information content (AvgIpc) is 3.14. The van der Waals surface area contributed by atoms with Crippen LogP contribution in [0, 0.1) is 17.6 Å². The van der Waals surface area contributed by atoms with Crippen molar-refractivity contribution < 1.29 is 18.4 Å². The fraction of sp³-hybridized carbons (Fsp3) is 0.421. The van der Waals surface area contributed by atoms with Crippen LogP contribution in [0.5, 0.6) is 0 Å². The lowest BCUT2D eigenvalue weighted by molar-refractivity contribution is 0.0633. The summed E-state index contributed by atoms with van der Waals surface area (Å²) >= 11 is 0. The number of aliphatic hydroxyl groups is 1. The molecule has 9 heteroatoms. The Morgan fingerprint density at radius 1 is 1.18 bits per heavy atom. The van der Waals surface area contributed by atoms with Crippen LogP contribution in [0.15, 0.2) is 40.0 Å². The molecule has 0 radical (unpaired) electrons. The predicted octanol–water partition coefficient (Wildman–Crippen LogP) is 2.33. The highest BCUT2D eigenvalue weighted by molar-refractivity contribution is 6.05. The van der Waals surface area contributed by atoms with Crippen LogP contribution >= 0.6 is 0 Å². The van der Waals surface area contributed by atoms with Crippen molar-refractivity contribution in [2.24, 2.45) is 11.0 Å². The van der Waals surface area contributed by atoms with Gasteiger partial charge >= 0.3 is 0 Å². The Morgan fingerprint density at radius 2 is 1.89 bits per heavy atom. The molecule has 2 aromatic rings. The zero-order chi connectivity index (χ0) is 19.7. The van der Waals surface area contributed by atoms with Gasteiger partial charge in [-0.05, 0) is 60.2 Å². The first kappa shape index (κ1) is 18.5. The minimum absolute atomic E-state index is 0.294. The molecule has 0 bridgehead atoms. The summed E-state index contributed by atoms with van der Waals surface area (Å²) in [4.78, 5) is 6.44. The molecule has 148 valence electrons. The number of hydrogen-bond donors (Lipinski definition) is 1. The molecule has 1 fully saturated rings. The lowest BCUT2D eigenvalue weighted by atomic mass is 9.90. The third kappa shape index (κ3) is 4.04. The summed E-state index contributed by atoms with van der Waals surface area (Å²) in [5.41, 5.74) is 1.18. The van der Waals surface area contributed by atoms with E-state index in [4.69, 9.17) is 4.52 Å². The van der Waals surface area contributed by atoms with Crippen molar-refractivity contribution in [1.82, 2.24) is 15.1 Å². The third-order valence-corrected chi connectivity index (χ3v) is 5.05. The first-order valence-corrected chi connectivity index (χ1v) is 9.19. The first-order valence-electron chi connectivity index (χ1n) is 9.19. The summed E-state index contributed by atoms with van der Waals surface area (Å²) in [5, 5.41) is 19.3. The molecule has 7 nitrogen and oxygen atoms in total. The van der Waals surface area contributed by atoms with Crippen LogP contribution in [0.1, 0.15) is 24.3 Å². The predicted molar refractivity (Wildman–Crippen MR) is 98.7 cm³/mol. The van der Waals surface area contributed by atoms with Crippen molar-refractivity contribution >= 4 is 11.7 Å². The van der Waals surface area contributed by atoms with Crippen LogP contribution in [-0.2, 0) is 6.42 Å². The standard InChI is InChI=1S/C19H21F2N5O2/c1-25-17(27)3-2-16(23-25)18-22-19(24-28-18)26-6-4-12(5-7-26)8-13-9-14(20)11-15(21)10-13/h2-3,9-12,17,27H,4-8H2,1H3. The molecule has 1 N–H and O–H groups in total. The molecular weight excluding hydrogens is 368 g/mol. The molecule has 0 spiro atoms. The van der Waals surface area contributed by atoms with Crippen LogP contribution in [-0.4, -0.2) is 52.3 Å². The molecule has 0 saturated carbocycles. The zero-order valence-corrected chi connectivity index (χ0v) is 15.4. The minimum Gasteiger partial charge on any atom is -0.369 e. The Bertz CT molecular complexity index is 885. The molecule has 4 rings (SSSR count). The first-order chi connectivity index (χ1) is 13.5. The van der Waals surface area contributed by atoms with Crippen LogP contribution in [0.3, 0.4) is 0 Å². The van der Waals surface area contributed by atoms with Gasteiger partial charge in [0.05, 0.1) is 0 Å². The number of aromatic nitrogens is 2. The molecule has 1 aromatic heterocycles. The molecule has 1 atom stereocenters. The van der Waals surface area contributed by atoms with Crippen molar-refractivity contribution in [1.29, 1.82) is 0 Å². The van der Waals surface area contributed by atoms with Crippen molar-refractivity contribution in [2.75, 3.05) is 25.0 Å². The van der Waals surface area contributed by atoms with Gasteiger partial charge in [0.1, 0.15) is 17.3 Å². The van der Waals surface area contributed by atoms with Gasteiger partial charge in [0.2, 0.25) is 0 Å². The maximum atomic E-state index is 13.4. The van der Waals surface area contributed by atoms with Crippen LogP contribution in [0.25, 0.3) is 0 Å². The molecule has 1 unspecified atom stereocenters. The van der Waals surface area contributed by atoms with Gasteiger partial charge in [-0.25, -0.2) is 8.78 Å². The molecule has 3 heterocycles. The number of benzene rings is 1. The summed E-state index contributed by atoms with van der Waals surface area (Å²) in [6, 6.07) is 3.69. The lowest BCUT2D eigenvalue weighted by Crippen LogP contribution is -2.35. The Hall–Kier alpha value is -2.81. The molecule has 2 aliphatic heterocycles. The summed E-state index contributed by atoms with van der Waals surface area (Å²) in [7, 11) is 1.65. The number of likely N-dealkylation sites (N-methyl/N-ethyl adjacent to an activating group) is 1. The molecule has 2 aliphatic rings. The van der Waals surface area contributed by atoms with E-state index in [-0.39, 0.29) is 0 Å². The maximum Gasteiger partial charge on any atom is 0.279 e. The summed E-state index contributed by atoms with van der Waals surface area (Å²) < 4.78 is 32.0. The number of hydrazone groups is 1. The fourth-order valence-electron chi connectivity index (χ4n) is 3.53. The number of anilines is 1. The fourth-order valence-corrected chi connectivity index (χ4v) is 3.53. The van der Waals surface area contributed by atoms with Gasteiger partial charge in [-0.3, -0.25) is 5.01 Å². The van der Waals surface area contributed by atoms with Crippen molar-refractivity contribution in [3.05, 3.63) is 53.4 Å². The molecule has 1 aromatic carbocycles. The number of hydrogen-bond acceptors (Lipinski definition) is 7. The number of nitrogens with zero attached hydrogens (tertiary/aromatic N) is 5. The largest absolute Gasteiger partial charge is 0.369 e. The van der Waals surface area contributed by atoms with E-state index in [0.717, 1.165) is 32.0 Å². The van der Waals surface area contributed by atoms with Crippen molar-refractivity contribution in [3.63, 3.8) is 0 Å². The number of halogens is 2.